The van der Waals surface area contributed by atoms with E-state index in [9.17, 15) is 23.1 Å². The van der Waals surface area contributed by atoms with Crippen LogP contribution in [0.4, 0.5) is 13.2 Å². The second-order valence-electron chi connectivity index (χ2n) is 4.69. The number of hydrogen-bond acceptors (Lipinski definition) is 3. The Labute approximate surface area is 119 Å². The summed E-state index contributed by atoms with van der Waals surface area (Å²) in [6, 6.07) is 4.17. The number of carbonyl (C=O) groups excluding carboxylic acids is 1. The van der Waals surface area contributed by atoms with E-state index in [0.29, 0.717) is 5.75 Å². The summed E-state index contributed by atoms with van der Waals surface area (Å²) in [4.78, 5) is 11.8. The van der Waals surface area contributed by atoms with Gasteiger partial charge in [-0.05, 0) is 31.4 Å². The Hall–Kier alpha value is -1.21. The molecule has 0 saturated carbocycles. The third-order valence-corrected chi connectivity index (χ3v) is 3.45. The van der Waals surface area contributed by atoms with Gasteiger partial charge >= 0.3 is 6.18 Å². The SMILES string of the molecule is CSCC(C)(O)CNC(=O)c1cccc(C(F)(F)F)c1. The van der Waals surface area contributed by atoms with Crippen LogP contribution in [-0.4, -0.2) is 35.2 Å². The first-order valence-electron chi connectivity index (χ1n) is 5.82. The van der Waals surface area contributed by atoms with Gasteiger partial charge in [0, 0.05) is 17.9 Å². The highest BCUT2D eigenvalue weighted by Crippen LogP contribution is 2.29. The van der Waals surface area contributed by atoms with Crippen molar-refractivity contribution in [3.8, 4) is 0 Å². The summed E-state index contributed by atoms with van der Waals surface area (Å²) < 4.78 is 37.6. The lowest BCUT2D eigenvalue weighted by Gasteiger charge is -2.22. The second kappa shape index (κ2) is 6.49. The topological polar surface area (TPSA) is 49.3 Å². The predicted octanol–water partition coefficient (Wildman–Crippen LogP) is 2.55. The first-order chi connectivity index (χ1) is 9.15. The molecule has 7 heteroatoms. The molecule has 3 nitrogen and oxygen atoms in total. The molecule has 2 N–H and O–H groups in total. The minimum absolute atomic E-state index is 0.0249. The molecule has 0 bridgehead atoms. The maximum absolute atomic E-state index is 12.5. The van der Waals surface area contributed by atoms with Crippen LogP contribution in [0.25, 0.3) is 0 Å². The summed E-state index contributed by atoms with van der Waals surface area (Å²) in [5, 5.41) is 12.3. The minimum Gasteiger partial charge on any atom is -0.387 e. The van der Waals surface area contributed by atoms with Gasteiger partial charge in [0.1, 0.15) is 0 Å². The van der Waals surface area contributed by atoms with E-state index in [1.807, 2.05) is 6.26 Å². The average molecular weight is 307 g/mol. The maximum atomic E-state index is 12.5. The van der Waals surface area contributed by atoms with E-state index in [0.717, 1.165) is 12.1 Å². The Morgan fingerprint density at radius 3 is 2.60 bits per heavy atom. The summed E-state index contributed by atoms with van der Waals surface area (Å²) >= 11 is 1.41. The molecular formula is C13H16F3NO2S. The van der Waals surface area contributed by atoms with Crippen LogP contribution in [0.15, 0.2) is 24.3 Å². The van der Waals surface area contributed by atoms with Crippen molar-refractivity contribution in [3.05, 3.63) is 35.4 Å². The van der Waals surface area contributed by atoms with E-state index in [2.05, 4.69) is 5.32 Å². The van der Waals surface area contributed by atoms with Crippen LogP contribution in [0.3, 0.4) is 0 Å². The van der Waals surface area contributed by atoms with Crippen molar-refractivity contribution < 1.29 is 23.1 Å². The maximum Gasteiger partial charge on any atom is 0.416 e. The first kappa shape index (κ1) is 16.8. The van der Waals surface area contributed by atoms with Crippen LogP contribution in [0.5, 0.6) is 0 Å². The molecular weight excluding hydrogens is 291 g/mol. The van der Waals surface area contributed by atoms with Gasteiger partial charge in [0.2, 0.25) is 0 Å². The number of rotatable bonds is 5. The third kappa shape index (κ3) is 5.05. The predicted molar refractivity (Wildman–Crippen MR) is 72.8 cm³/mol. The van der Waals surface area contributed by atoms with Crippen LogP contribution in [0.1, 0.15) is 22.8 Å². The molecule has 112 valence electrons. The highest BCUT2D eigenvalue weighted by Gasteiger charge is 2.31. The number of benzene rings is 1. The molecule has 1 aromatic rings. The lowest BCUT2D eigenvalue weighted by molar-refractivity contribution is -0.137. The van der Waals surface area contributed by atoms with Gasteiger partial charge < -0.3 is 10.4 Å². The van der Waals surface area contributed by atoms with Crippen molar-refractivity contribution in [1.82, 2.24) is 5.32 Å². The van der Waals surface area contributed by atoms with Gasteiger partial charge in [-0.25, -0.2) is 0 Å². The van der Waals surface area contributed by atoms with Crippen molar-refractivity contribution >= 4 is 17.7 Å². The van der Waals surface area contributed by atoms with E-state index in [4.69, 9.17) is 0 Å². The standard InChI is InChI=1S/C13H16F3NO2S/c1-12(19,8-20-2)7-17-11(18)9-4-3-5-10(6-9)13(14,15)16/h3-6,19H,7-8H2,1-2H3,(H,17,18). The van der Waals surface area contributed by atoms with Gasteiger partial charge in [0.25, 0.3) is 5.91 Å². The minimum atomic E-state index is -4.49. The number of carbonyl (C=O) groups is 1. The first-order valence-corrected chi connectivity index (χ1v) is 7.22. The van der Waals surface area contributed by atoms with Gasteiger partial charge in [-0.2, -0.15) is 24.9 Å². The Morgan fingerprint density at radius 2 is 2.05 bits per heavy atom. The molecule has 0 heterocycles. The van der Waals surface area contributed by atoms with Gasteiger partial charge in [0.05, 0.1) is 11.2 Å². The molecule has 1 amide bonds. The number of nitrogens with one attached hydrogen (secondary N) is 1. The molecule has 0 radical (unpaired) electrons. The lowest BCUT2D eigenvalue weighted by Crippen LogP contribution is -2.42. The Kier molecular flexibility index (Phi) is 5.47. The molecule has 0 saturated heterocycles. The summed E-state index contributed by atoms with van der Waals surface area (Å²) in [6.45, 7) is 1.53. The van der Waals surface area contributed by atoms with Gasteiger partial charge in [0.15, 0.2) is 0 Å². The molecule has 20 heavy (non-hydrogen) atoms. The summed E-state index contributed by atoms with van der Waals surface area (Å²) in [5.41, 5.74) is -2.06. The summed E-state index contributed by atoms with van der Waals surface area (Å²) in [5.74, 6) is -0.229. The average Bonchev–Trinajstić information content (AvgIpc) is 2.35. The highest BCUT2D eigenvalue weighted by molar-refractivity contribution is 7.98. The van der Waals surface area contributed by atoms with Crippen molar-refractivity contribution in [1.29, 1.82) is 0 Å². The van der Waals surface area contributed by atoms with Crippen LogP contribution in [-0.2, 0) is 6.18 Å². The highest BCUT2D eigenvalue weighted by atomic mass is 32.2. The Balaban J connectivity index is 2.74. The van der Waals surface area contributed by atoms with Crippen molar-refractivity contribution in [2.24, 2.45) is 0 Å². The Bertz CT molecular complexity index is 475. The normalized spacial score (nSPS) is 14.7. The van der Waals surface area contributed by atoms with Crippen LogP contribution >= 0.6 is 11.8 Å². The second-order valence-corrected chi connectivity index (χ2v) is 5.56. The molecule has 1 aromatic carbocycles. The zero-order chi connectivity index (χ0) is 15.4. The van der Waals surface area contributed by atoms with Crippen LogP contribution in [0, 0.1) is 0 Å². The zero-order valence-corrected chi connectivity index (χ0v) is 11.9. The van der Waals surface area contributed by atoms with Crippen molar-refractivity contribution in [2.75, 3.05) is 18.6 Å². The number of amides is 1. The number of hydrogen-bond donors (Lipinski definition) is 2. The Morgan fingerprint density at radius 1 is 1.40 bits per heavy atom. The van der Waals surface area contributed by atoms with Crippen molar-refractivity contribution in [3.63, 3.8) is 0 Å². The molecule has 1 unspecified atom stereocenters. The van der Waals surface area contributed by atoms with Crippen molar-refractivity contribution in [2.45, 2.75) is 18.7 Å². The molecule has 0 aliphatic rings. The lowest BCUT2D eigenvalue weighted by atomic mass is 10.1. The van der Waals surface area contributed by atoms with E-state index < -0.39 is 23.2 Å². The number of alkyl halides is 3. The van der Waals surface area contributed by atoms with Gasteiger partial charge in [-0.3, -0.25) is 4.79 Å². The van der Waals surface area contributed by atoms with Gasteiger partial charge in [-0.1, -0.05) is 6.07 Å². The molecule has 0 spiro atoms. The molecule has 1 rings (SSSR count). The number of aliphatic hydroxyl groups is 1. The van der Waals surface area contributed by atoms with E-state index in [1.54, 1.807) is 6.92 Å². The summed E-state index contributed by atoms with van der Waals surface area (Å²) in [6.07, 6.45) is -2.68. The van der Waals surface area contributed by atoms with Gasteiger partial charge in [-0.15, -0.1) is 0 Å². The molecule has 0 aliphatic carbocycles. The molecule has 0 fully saturated rings. The smallest absolute Gasteiger partial charge is 0.387 e. The van der Waals surface area contributed by atoms with Crippen LogP contribution in [0.2, 0.25) is 0 Å². The molecule has 1 atom stereocenters. The molecule has 0 aliphatic heterocycles. The number of halogens is 3. The monoisotopic (exact) mass is 307 g/mol. The van der Waals surface area contributed by atoms with Crippen LogP contribution < -0.4 is 5.32 Å². The fourth-order valence-corrected chi connectivity index (χ4v) is 2.30. The zero-order valence-electron chi connectivity index (χ0n) is 11.1. The largest absolute Gasteiger partial charge is 0.416 e. The quantitative estimate of drug-likeness (QED) is 0.879. The molecule has 0 aromatic heterocycles. The third-order valence-electron chi connectivity index (χ3n) is 2.54. The fraction of sp³-hybridized carbons (Fsp3) is 0.462. The van der Waals surface area contributed by atoms with E-state index in [1.165, 1.54) is 23.9 Å². The number of thioether (sulfide) groups is 1. The summed E-state index contributed by atoms with van der Waals surface area (Å²) in [7, 11) is 0. The van der Waals surface area contributed by atoms with E-state index >= 15 is 0 Å². The fourth-order valence-electron chi connectivity index (χ4n) is 1.57. The van der Waals surface area contributed by atoms with E-state index in [-0.39, 0.29) is 12.1 Å².